The zero-order valence-corrected chi connectivity index (χ0v) is 14.0. The number of anilines is 1. The summed E-state index contributed by atoms with van der Waals surface area (Å²) in [5.74, 6) is 0.601. The molecule has 0 aromatic carbocycles. The Labute approximate surface area is 128 Å². The number of aromatic nitrogens is 2. The molecule has 0 radical (unpaired) electrons. The van der Waals surface area contributed by atoms with Crippen LogP contribution in [0.2, 0.25) is 0 Å². The third-order valence-corrected chi connectivity index (χ3v) is 4.79. The minimum atomic E-state index is -0.242. The first-order valence-electron chi connectivity index (χ1n) is 6.53. The van der Waals surface area contributed by atoms with Crippen LogP contribution < -0.4 is 10.2 Å². The van der Waals surface area contributed by atoms with Crippen LogP contribution in [0.25, 0.3) is 0 Å². The zero-order valence-electron chi connectivity index (χ0n) is 12.4. The van der Waals surface area contributed by atoms with E-state index in [1.165, 1.54) is 7.11 Å². The molecule has 0 amide bonds. The normalized spacial score (nSPS) is 12.2. The highest BCUT2D eigenvalue weighted by Crippen LogP contribution is 2.27. The molecule has 0 saturated heterocycles. The number of carbonyl (C=O) groups excluding carboxylic acids is 1. The molecule has 1 atom stereocenters. The minimum Gasteiger partial charge on any atom is -0.468 e. The Bertz CT molecular complexity index is 412. The molecule has 0 fully saturated rings. The Hall–Kier alpha value is -0.860. The Kier molecular flexibility index (Phi) is 7.86. The van der Waals surface area contributed by atoms with Gasteiger partial charge in [0.25, 0.3) is 0 Å². The Morgan fingerprint density at radius 1 is 1.50 bits per heavy atom. The molecular formula is C12H22N4O2S2. The average Bonchev–Trinajstić information content (AvgIpc) is 2.90. The smallest absolute Gasteiger partial charge is 0.322 e. The summed E-state index contributed by atoms with van der Waals surface area (Å²) >= 11 is 3.17. The fourth-order valence-electron chi connectivity index (χ4n) is 1.47. The maximum atomic E-state index is 11.6. The van der Waals surface area contributed by atoms with Gasteiger partial charge in [-0.3, -0.25) is 4.79 Å². The second kappa shape index (κ2) is 9.15. The van der Waals surface area contributed by atoms with Crippen molar-refractivity contribution in [3.63, 3.8) is 0 Å². The van der Waals surface area contributed by atoms with Gasteiger partial charge in [-0.25, -0.2) is 0 Å². The van der Waals surface area contributed by atoms with E-state index >= 15 is 0 Å². The number of hydrogen-bond donors (Lipinski definition) is 1. The van der Waals surface area contributed by atoms with Crippen molar-refractivity contribution in [1.29, 1.82) is 0 Å². The molecule has 1 rings (SSSR count). The first-order valence-corrected chi connectivity index (χ1v) is 8.33. The number of nitrogens with one attached hydrogen (secondary N) is 1. The summed E-state index contributed by atoms with van der Waals surface area (Å²) in [5.41, 5.74) is 0. The fraction of sp³-hybridized carbons (Fsp3) is 0.750. The van der Waals surface area contributed by atoms with Crippen LogP contribution in [-0.4, -0.2) is 55.7 Å². The molecule has 0 bridgehead atoms. The lowest BCUT2D eigenvalue weighted by molar-refractivity contribution is -0.143. The third kappa shape index (κ3) is 5.64. The van der Waals surface area contributed by atoms with Crippen LogP contribution in [0.4, 0.5) is 5.13 Å². The van der Waals surface area contributed by atoms with Crippen LogP contribution in [-0.2, 0) is 9.53 Å². The van der Waals surface area contributed by atoms with Gasteiger partial charge in [-0.2, -0.15) is 0 Å². The molecule has 1 N–H and O–H groups in total. The van der Waals surface area contributed by atoms with Crippen LogP contribution >= 0.6 is 23.1 Å². The van der Waals surface area contributed by atoms with E-state index in [1.807, 2.05) is 19.0 Å². The topological polar surface area (TPSA) is 67.4 Å². The van der Waals surface area contributed by atoms with Gasteiger partial charge in [0.15, 0.2) is 4.34 Å². The van der Waals surface area contributed by atoms with E-state index in [-0.39, 0.29) is 12.0 Å². The molecule has 1 aromatic heterocycles. The molecular weight excluding hydrogens is 296 g/mol. The highest BCUT2D eigenvalue weighted by molar-refractivity contribution is 8.01. The minimum absolute atomic E-state index is 0.203. The van der Waals surface area contributed by atoms with E-state index < -0.39 is 0 Å². The molecule has 0 saturated carbocycles. The number of nitrogens with zero attached hydrogens (tertiary/aromatic N) is 3. The molecule has 0 spiro atoms. The third-order valence-electron chi connectivity index (χ3n) is 2.54. The van der Waals surface area contributed by atoms with E-state index in [0.717, 1.165) is 28.2 Å². The maximum Gasteiger partial charge on any atom is 0.322 e. The number of esters is 1. The van der Waals surface area contributed by atoms with Crippen LogP contribution in [0, 0.1) is 0 Å². The fourth-order valence-corrected chi connectivity index (χ4v) is 3.31. The number of thioether (sulfide) groups is 1. The van der Waals surface area contributed by atoms with E-state index in [0.29, 0.717) is 6.42 Å². The molecule has 114 valence electrons. The van der Waals surface area contributed by atoms with E-state index in [9.17, 15) is 4.79 Å². The van der Waals surface area contributed by atoms with E-state index in [4.69, 9.17) is 4.74 Å². The highest BCUT2D eigenvalue weighted by Gasteiger charge is 2.18. The van der Waals surface area contributed by atoms with Gasteiger partial charge in [0.1, 0.15) is 6.04 Å². The number of methoxy groups -OCH3 is 1. The lowest BCUT2D eigenvalue weighted by atomic mass is 10.2. The summed E-state index contributed by atoms with van der Waals surface area (Å²) in [5, 5.41) is 12.3. The summed E-state index contributed by atoms with van der Waals surface area (Å²) in [4.78, 5) is 13.6. The van der Waals surface area contributed by atoms with E-state index in [2.05, 4.69) is 22.4 Å². The molecule has 1 aromatic rings. The number of hydrogen-bond acceptors (Lipinski definition) is 8. The molecule has 0 aliphatic rings. The van der Waals surface area contributed by atoms with Crippen molar-refractivity contribution in [2.24, 2.45) is 0 Å². The molecule has 6 nitrogen and oxygen atoms in total. The first-order chi connectivity index (χ1) is 9.58. The molecule has 20 heavy (non-hydrogen) atoms. The number of carbonyl (C=O) groups is 1. The number of rotatable bonds is 9. The van der Waals surface area contributed by atoms with Crippen LogP contribution in [0.5, 0.6) is 0 Å². The zero-order chi connectivity index (χ0) is 15.0. The summed E-state index contributed by atoms with van der Waals surface area (Å²) in [6.07, 6.45) is 1.71. The van der Waals surface area contributed by atoms with Gasteiger partial charge >= 0.3 is 5.97 Å². The molecule has 1 heterocycles. The summed E-state index contributed by atoms with van der Waals surface area (Å²) < 4.78 is 5.73. The first kappa shape index (κ1) is 17.2. The van der Waals surface area contributed by atoms with Crippen LogP contribution in [0.1, 0.15) is 19.8 Å². The van der Waals surface area contributed by atoms with Gasteiger partial charge in [-0.1, -0.05) is 30.0 Å². The van der Waals surface area contributed by atoms with E-state index in [1.54, 1.807) is 23.1 Å². The van der Waals surface area contributed by atoms with Gasteiger partial charge in [0.05, 0.1) is 7.11 Å². The predicted molar refractivity (Wildman–Crippen MR) is 83.7 cm³/mol. The summed E-state index contributed by atoms with van der Waals surface area (Å²) in [6, 6.07) is -0.242. The van der Waals surface area contributed by atoms with Crippen molar-refractivity contribution in [1.82, 2.24) is 15.5 Å². The highest BCUT2D eigenvalue weighted by atomic mass is 32.2. The molecule has 8 heteroatoms. The van der Waals surface area contributed by atoms with Crippen molar-refractivity contribution in [2.75, 3.05) is 38.4 Å². The predicted octanol–water partition coefficient (Wildman–Crippen LogP) is 1.63. The van der Waals surface area contributed by atoms with Crippen molar-refractivity contribution in [2.45, 2.75) is 30.1 Å². The van der Waals surface area contributed by atoms with Crippen LogP contribution in [0.15, 0.2) is 4.34 Å². The van der Waals surface area contributed by atoms with Gasteiger partial charge in [-0.05, 0) is 19.4 Å². The summed E-state index contributed by atoms with van der Waals surface area (Å²) in [7, 11) is 5.30. The molecule has 0 aliphatic carbocycles. The van der Waals surface area contributed by atoms with Crippen molar-refractivity contribution >= 4 is 34.2 Å². The Morgan fingerprint density at radius 3 is 2.80 bits per heavy atom. The van der Waals surface area contributed by atoms with Crippen LogP contribution in [0.3, 0.4) is 0 Å². The van der Waals surface area contributed by atoms with Crippen molar-refractivity contribution in [3.05, 3.63) is 0 Å². The standard InChI is InChI=1S/C12H22N4O2S2/c1-5-7-13-9(10(17)18-4)6-8-19-12-15-14-11(20-12)16(2)3/h9,13H,5-8H2,1-4H3. The van der Waals surface area contributed by atoms with Gasteiger partial charge in [0.2, 0.25) is 5.13 Å². The Balaban J connectivity index is 2.40. The van der Waals surface area contributed by atoms with Gasteiger partial charge in [-0.15, -0.1) is 10.2 Å². The summed E-state index contributed by atoms with van der Waals surface area (Å²) in [6.45, 7) is 2.88. The lowest BCUT2D eigenvalue weighted by Crippen LogP contribution is -2.38. The Morgan fingerprint density at radius 2 is 2.25 bits per heavy atom. The van der Waals surface area contributed by atoms with Crippen molar-refractivity contribution < 1.29 is 9.53 Å². The average molecular weight is 318 g/mol. The van der Waals surface area contributed by atoms with Crippen molar-refractivity contribution in [3.8, 4) is 0 Å². The largest absolute Gasteiger partial charge is 0.468 e. The SMILES string of the molecule is CCCNC(CCSc1nnc(N(C)C)s1)C(=O)OC. The molecule has 1 unspecified atom stereocenters. The number of ether oxygens (including phenoxy) is 1. The van der Waals surface area contributed by atoms with Gasteiger partial charge < -0.3 is 15.0 Å². The lowest BCUT2D eigenvalue weighted by Gasteiger charge is -2.15. The maximum absolute atomic E-state index is 11.6. The monoisotopic (exact) mass is 318 g/mol. The molecule has 0 aliphatic heterocycles. The van der Waals surface area contributed by atoms with Gasteiger partial charge in [0, 0.05) is 19.8 Å². The second-order valence-electron chi connectivity index (χ2n) is 4.41. The second-order valence-corrected chi connectivity index (χ2v) is 6.71. The quantitative estimate of drug-likeness (QED) is 0.548.